The fourth-order valence-electron chi connectivity index (χ4n) is 3.08. The maximum atomic E-state index is 13.9. The number of imidazole rings is 1. The van der Waals surface area contributed by atoms with Crippen LogP contribution in [0.1, 0.15) is 15.9 Å². The van der Waals surface area contributed by atoms with E-state index in [1.807, 2.05) is 0 Å². The zero-order valence-electron chi connectivity index (χ0n) is 17.7. The van der Waals surface area contributed by atoms with Gasteiger partial charge in [0.2, 0.25) is 15.6 Å². The number of aromatic nitrogens is 3. The standard InChI is InChI=1S/C22H16F4N4O4S/c23-16-7-17(34-13-22(24,25)26)9-19(8-16)35(32,33)18-3-1-14(2-4-18)10-28-20(31)15-11-29-21-27-5-6-30(21)12-15/h1-9,11-12H,10,13H2,(H,28,31). The summed E-state index contributed by atoms with van der Waals surface area (Å²) >= 11 is 0. The molecule has 35 heavy (non-hydrogen) atoms. The summed E-state index contributed by atoms with van der Waals surface area (Å²) < 4.78 is 82.7. The van der Waals surface area contributed by atoms with E-state index in [0.717, 1.165) is 6.07 Å². The predicted octanol–water partition coefficient (Wildman–Crippen LogP) is 3.57. The molecule has 0 bridgehead atoms. The quantitative estimate of drug-likeness (QED) is 0.383. The smallest absolute Gasteiger partial charge is 0.422 e. The van der Waals surface area contributed by atoms with Crippen LogP contribution in [0.3, 0.4) is 0 Å². The van der Waals surface area contributed by atoms with Gasteiger partial charge < -0.3 is 10.1 Å². The zero-order valence-corrected chi connectivity index (χ0v) is 18.5. The third-order valence-electron chi connectivity index (χ3n) is 4.75. The van der Waals surface area contributed by atoms with Gasteiger partial charge in [-0.15, -0.1) is 0 Å². The van der Waals surface area contributed by atoms with Crippen LogP contribution >= 0.6 is 0 Å². The lowest BCUT2D eigenvalue weighted by molar-refractivity contribution is -0.153. The lowest BCUT2D eigenvalue weighted by atomic mass is 10.2. The monoisotopic (exact) mass is 508 g/mol. The van der Waals surface area contributed by atoms with Crippen molar-refractivity contribution in [2.75, 3.05) is 6.61 Å². The van der Waals surface area contributed by atoms with Crippen molar-refractivity contribution < 1.29 is 35.5 Å². The average molecular weight is 508 g/mol. The molecule has 2 aromatic carbocycles. The maximum absolute atomic E-state index is 13.9. The minimum Gasteiger partial charge on any atom is -0.484 e. The van der Waals surface area contributed by atoms with Gasteiger partial charge in [-0.25, -0.2) is 22.8 Å². The highest BCUT2D eigenvalue weighted by Gasteiger charge is 2.29. The first kappa shape index (κ1) is 24.1. The fraction of sp³-hybridized carbons (Fsp3) is 0.136. The van der Waals surface area contributed by atoms with E-state index in [4.69, 9.17) is 0 Å². The number of nitrogens with zero attached hydrogens (tertiary/aromatic N) is 3. The highest BCUT2D eigenvalue weighted by Crippen LogP contribution is 2.27. The number of ether oxygens (including phenoxy) is 1. The molecule has 182 valence electrons. The fourth-order valence-corrected chi connectivity index (χ4v) is 4.39. The summed E-state index contributed by atoms with van der Waals surface area (Å²) in [6, 6.07) is 7.57. The lowest BCUT2D eigenvalue weighted by Crippen LogP contribution is -2.23. The summed E-state index contributed by atoms with van der Waals surface area (Å²) in [5, 5.41) is 2.68. The Morgan fingerprint density at radius 3 is 2.51 bits per heavy atom. The Balaban J connectivity index is 1.45. The van der Waals surface area contributed by atoms with Crippen LogP contribution < -0.4 is 10.1 Å². The molecule has 4 aromatic rings. The minimum atomic E-state index is -4.67. The number of halogens is 4. The molecule has 8 nitrogen and oxygen atoms in total. The molecule has 0 saturated carbocycles. The number of rotatable bonds is 7. The number of amides is 1. The van der Waals surface area contributed by atoms with E-state index in [9.17, 15) is 30.8 Å². The summed E-state index contributed by atoms with van der Waals surface area (Å²) in [5.41, 5.74) is 0.867. The van der Waals surface area contributed by atoms with Gasteiger partial charge in [-0.05, 0) is 29.8 Å². The topological polar surface area (TPSA) is 103 Å². The molecule has 4 rings (SSSR count). The predicted molar refractivity (Wildman–Crippen MR) is 114 cm³/mol. The number of sulfone groups is 1. The van der Waals surface area contributed by atoms with Crippen molar-refractivity contribution in [3.05, 3.63) is 84.2 Å². The molecule has 0 unspecified atom stereocenters. The molecule has 0 aliphatic heterocycles. The second-order valence-electron chi connectivity index (χ2n) is 7.33. The van der Waals surface area contributed by atoms with Crippen molar-refractivity contribution in [2.45, 2.75) is 22.5 Å². The van der Waals surface area contributed by atoms with E-state index in [-0.39, 0.29) is 11.4 Å². The molecule has 0 saturated heterocycles. The summed E-state index contributed by atoms with van der Waals surface area (Å²) in [6.07, 6.45) is 1.45. The van der Waals surface area contributed by atoms with Crippen LogP contribution in [0.2, 0.25) is 0 Å². The Labute approximate surface area is 196 Å². The number of alkyl halides is 3. The van der Waals surface area contributed by atoms with Crippen LogP contribution in [0.25, 0.3) is 5.78 Å². The molecule has 1 N–H and O–H groups in total. The second-order valence-corrected chi connectivity index (χ2v) is 9.28. The Morgan fingerprint density at radius 2 is 1.80 bits per heavy atom. The summed E-state index contributed by atoms with van der Waals surface area (Å²) in [6.45, 7) is -1.61. The molecule has 2 heterocycles. The van der Waals surface area contributed by atoms with Crippen LogP contribution in [0.15, 0.2) is 77.0 Å². The van der Waals surface area contributed by atoms with Gasteiger partial charge in [-0.1, -0.05) is 12.1 Å². The highest BCUT2D eigenvalue weighted by molar-refractivity contribution is 7.91. The van der Waals surface area contributed by atoms with Gasteiger partial charge in [0.1, 0.15) is 11.6 Å². The Bertz CT molecular complexity index is 1490. The van der Waals surface area contributed by atoms with E-state index >= 15 is 0 Å². The van der Waals surface area contributed by atoms with Crippen LogP contribution in [0.4, 0.5) is 17.6 Å². The van der Waals surface area contributed by atoms with Crippen LogP contribution in [-0.2, 0) is 16.4 Å². The molecule has 0 spiro atoms. The van der Waals surface area contributed by atoms with Gasteiger partial charge in [-0.2, -0.15) is 13.2 Å². The van der Waals surface area contributed by atoms with Crippen molar-refractivity contribution in [1.82, 2.24) is 19.7 Å². The molecule has 0 radical (unpaired) electrons. The van der Waals surface area contributed by atoms with Gasteiger partial charge >= 0.3 is 6.18 Å². The van der Waals surface area contributed by atoms with Gasteiger partial charge in [0, 0.05) is 37.4 Å². The van der Waals surface area contributed by atoms with Gasteiger partial charge in [-0.3, -0.25) is 9.20 Å². The number of nitrogens with one attached hydrogen (secondary N) is 1. The number of carbonyl (C=O) groups is 1. The largest absolute Gasteiger partial charge is 0.484 e. The first-order valence-corrected chi connectivity index (χ1v) is 11.4. The molecule has 0 aliphatic carbocycles. The summed E-state index contributed by atoms with van der Waals surface area (Å²) in [7, 11) is -4.25. The number of carbonyl (C=O) groups excluding carboxylic acids is 1. The normalized spacial score (nSPS) is 12.0. The maximum Gasteiger partial charge on any atom is 0.422 e. The molecule has 0 aliphatic rings. The van der Waals surface area contributed by atoms with Gasteiger partial charge in [0.15, 0.2) is 6.61 Å². The number of hydrogen-bond acceptors (Lipinski definition) is 6. The average Bonchev–Trinajstić information content (AvgIpc) is 3.29. The number of hydrogen-bond donors (Lipinski definition) is 1. The van der Waals surface area contributed by atoms with E-state index in [0.29, 0.717) is 29.0 Å². The van der Waals surface area contributed by atoms with Crippen molar-refractivity contribution in [2.24, 2.45) is 0 Å². The zero-order chi connectivity index (χ0) is 25.2. The SMILES string of the molecule is O=C(NCc1ccc(S(=O)(=O)c2cc(F)cc(OCC(F)(F)F)c2)cc1)c1cnc2nccn2c1. The van der Waals surface area contributed by atoms with Crippen molar-refractivity contribution in [3.8, 4) is 5.75 Å². The number of benzene rings is 2. The Morgan fingerprint density at radius 1 is 1.06 bits per heavy atom. The second kappa shape index (κ2) is 9.33. The molecule has 2 aromatic heterocycles. The first-order chi connectivity index (χ1) is 16.5. The van der Waals surface area contributed by atoms with Gasteiger partial charge in [0.25, 0.3) is 5.91 Å². The molecule has 0 atom stereocenters. The van der Waals surface area contributed by atoms with E-state index in [1.165, 1.54) is 30.5 Å². The van der Waals surface area contributed by atoms with Crippen molar-refractivity contribution in [3.63, 3.8) is 0 Å². The third-order valence-corrected chi connectivity index (χ3v) is 6.50. The van der Waals surface area contributed by atoms with Crippen molar-refractivity contribution in [1.29, 1.82) is 0 Å². The molecular formula is C22H16F4N4O4S. The van der Waals surface area contributed by atoms with E-state index in [1.54, 1.807) is 23.0 Å². The summed E-state index contributed by atoms with van der Waals surface area (Å²) in [5.74, 6) is -1.60. The third kappa shape index (κ3) is 5.74. The highest BCUT2D eigenvalue weighted by atomic mass is 32.2. The first-order valence-electron chi connectivity index (χ1n) is 9.92. The van der Waals surface area contributed by atoms with Crippen molar-refractivity contribution >= 4 is 21.5 Å². The Hall–Kier alpha value is -4.00. The van der Waals surface area contributed by atoms with E-state index < -0.39 is 45.0 Å². The lowest BCUT2D eigenvalue weighted by Gasteiger charge is -2.11. The molecular weight excluding hydrogens is 492 g/mol. The summed E-state index contributed by atoms with van der Waals surface area (Å²) in [4.78, 5) is 19.6. The molecule has 0 fully saturated rings. The van der Waals surface area contributed by atoms with E-state index in [2.05, 4.69) is 20.0 Å². The van der Waals surface area contributed by atoms with Crippen LogP contribution in [0.5, 0.6) is 5.75 Å². The van der Waals surface area contributed by atoms with Gasteiger partial charge in [0.05, 0.1) is 15.4 Å². The minimum absolute atomic E-state index is 0.0799. The molecule has 1 amide bonds. The Kier molecular flexibility index (Phi) is 6.43. The van der Waals surface area contributed by atoms with Crippen LogP contribution in [-0.4, -0.2) is 41.5 Å². The molecule has 13 heteroatoms. The van der Waals surface area contributed by atoms with Crippen LogP contribution in [0, 0.1) is 5.82 Å². The number of fused-ring (bicyclic) bond motifs is 1.